The van der Waals surface area contributed by atoms with Crippen molar-refractivity contribution in [3.63, 3.8) is 0 Å². The number of carbonyl (C=O) groups excluding carboxylic acids is 2. The minimum absolute atomic E-state index is 0.164. The van der Waals surface area contributed by atoms with E-state index in [1.807, 2.05) is 26.0 Å². The van der Waals surface area contributed by atoms with E-state index in [1.54, 1.807) is 0 Å². The summed E-state index contributed by atoms with van der Waals surface area (Å²) in [6.45, 7) is 11.1. The van der Waals surface area contributed by atoms with E-state index in [0.29, 0.717) is 25.9 Å². The lowest BCUT2D eigenvalue weighted by molar-refractivity contribution is -0.163. The number of ether oxygens (including phenoxy) is 2. The summed E-state index contributed by atoms with van der Waals surface area (Å²) in [5.74, 6) is -1.52. The molecule has 0 saturated heterocycles. The fourth-order valence-corrected chi connectivity index (χ4v) is 9.96. The minimum Gasteiger partial charge on any atom is -0.469 e. The number of carbonyl (C=O) groups is 2. The molecule has 190 valence electrons. The average Bonchev–Trinajstić information content (AvgIpc) is 2.85. The molecule has 0 radical (unpaired) electrons. The first-order valence-electron chi connectivity index (χ1n) is 12.6. The molecule has 1 saturated carbocycles. The third-order valence-corrected chi connectivity index (χ3v) is 12.0. The first-order chi connectivity index (χ1) is 16.6. The van der Waals surface area contributed by atoms with Crippen LogP contribution in [0, 0.1) is 17.8 Å². The molecule has 0 bridgehead atoms. The van der Waals surface area contributed by atoms with Gasteiger partial charge >= 0.3 is 11.9 Å². The van der Waals surface area contributed by atoms with Gasteiger partial charge in [0.15, 0.2) is 0 Å². The summed E-state index contributed by atoms with van der Waals surface area (Å²) < 4.78 is 17.9. The monoisotopic (exact) mass is 496 g/mol. The van der Waals surface area contributed by atoms with Crippen molar-refractivity contribution >= 4 is 30.6 Å². The minimum atomic E-state index is -2.76. The lowest BCUT2D eigenvalue weighted by atomic mass is 9.78. The Labute approximate surface area is 211 Å². The van der Waals surface area contributed by atoms with Crippen LogP contribution < -0.4 is 10.4 Å². The molecule has 0 spiro atoms. The van der Waals surface area contributed by atoms with Crippen LogP contribution in [0.1, 0.15) is 53.9 Å². The van der Waals surface area contributed by atoms with Crippen LogP contribution in [0.3, 0.4) is 0 Å². The van der Waals surface area contributed by atoms with Crippen LogP contribution in [0.5, 0.6) is 0 Å². The zero-order valence-electron chi connectivity index (χ0n) is 22.0. The van der Waals surface area contributed by atoms with E-state index in [2.05, 4.69) is 69.3 Å². The Kier molecular flexibility index (Phi) is 8.94. The van der Waals surface area contributed by atoms with Crippen molar-refractivity contribution in [3.8, 4) is 0 Å². The third kappa shape index (κ3) is 6.04. The lowest BCUT2D eigenvalue weighted by Gasteiger charge is -2.47. The lowest BCUT2D eigenvalue weighted by Crippen LogP contribution is -2.68. The highest BCUT2D eigenvalue weighted by molar-refractivity contribution is 6.99. The molecule has 6 heteroatoms. The van der Waals surface area contributed by atoms with Crippen LogP contribution in [-0.4, -0.2) is 40.1 Å². The number of benzene rings is 2. The summed E-state index contributed by atoms with van der Waals surface area (Å²) in [7, 11) is -1.38. The Hall–Kier alpha value is -2.44. The molecule has 0 aromatic heterocycles. The molecule has 0 heterocycles. The van der Waals surface area contributed by atoms with Gasteiger partial charge in [-0.05, 0) is 40.6 Å². The normalized spacial score (nSPS) is 20.9. The van der Waals surface area contributed by atoms with Crippen molar-refractivity contribution in [2.24, 2.45) is 17.8 Å². The molecule has 3 unspecified atom stereocenters. The van der Waals surface area contributed by atoms with Crippen molar-refractivity contribution in [2.45, 2.75) is 65.0 Å². The van der Waals surface area contributed by atoms with Crippen LogP contribution in [0.4, 0.5) is 0 Å². The van der Waals surface area contributed by atoms with Gasteiger partial charge in [-0.25, -0.2) is 0 Å². The number of rotatable bonds is 8. The van der Waals surface area contributed by atoms with Gasteiger partial charge in [0.05, 0.1) is 25.6 Å². The quantitative estimate of drug-likeness (QED) is 0.391. The molecule has 3 atom stereocenters. The zero-order chi connectivity index (χ0) is 25.6. The Morgan fingerprint density at radius 3 is 1.89 bits per heavy atom. The van der Waals surface area contributed by atoms with E-state index in [4.69, 9.17) is 13.9 Å². The van der Waals surface area contributed by atoms with Crippen LogP contribution in [-0.2, 0) is 23.5 Å². The summed E-state index contributed by atoms with van der Waals surface area (Å²) in [4.78, 5) is 25.7. The Balaban J connectivity index is 2.00. The SMILES string of the molecule is COC(=O)C1CCC(O[Si](c2ccccc2)(c2ccccc2)C(C)(C)C)CC1C(=O)OCC(C)C. The molecular weight excluding hydrogens is 456 g/mol. The average molecular weight is 497 g/mol. The number of hydrogen-bond acceptors (Lipinski definition) is 5. The largest absolute Gasteiger partial charge is 0.469 e. The maximum Gasteiger partial charge on any atom is 0.309 e. The molecule has 3 rings (SSSR count). The molecule has 2 aromatic carbocycles. The standard InChI is InChI=1S/C29H40O5Si/c1-21(2)20-33-28(31)26-19-22(17-18-25(26)27(30)32-6)34-35(29(3,4)5,23-13-9-7-10-14-23)24-15-11-8-12-16-24/h7-16,21-22,25-26H,17-20H2,1-6H3. The van der Waals surface area contributed by atoms with Crippen LogP contribution in [0.15, 0.2) is 60.7 Å². The molecule has 5 nitrogen and oxygen atoms in total. The van der Waals surface area contributed by atoms with Gasteiger partial charge in [0.2, 0.25) is 0 Å². The highest BCUT2D eigenvalue weighted by Gasteiger charge is 2.53. The van der Waals surface area contributed by atoms with Gasteiger partial charge in [-0.1, -0.05) is 95.3 Å². The molecule has 35 heavy (non-hydrogen) atoms. The molecular formula is C29H40O5Si. The predicted molar refractivity (Wildman–Crippen MR) is 141 cm³/mol. The maximum absolute atomic E-state index is 13.1. The number of esters is 2. The van der Waals surface area contributed by atoms with Crippen LogP contribution in [0.25, 0.3) is 0 Å². The van der Waals surface area contributed by atoms with Crippen molar-refractivity contribution < 1.29 is 23.5 Å². The van der Waals surface area contributed by atoms with E-state index in [9.17, 15) is 9.59 Å². The Bertz CT molecular complexity index is 928. The van der Waals surface area contributed by atoms with Gasteiger partial charge in [-0.3, -0.25) is 9.59 Å². The smallest absolute Gasteiger partial charge is 0.309 e. The maximum atomic E-state index is 13.1. The second-order valence-electron chi connectivity index (χ2n) is 11.0. The first kappa shape index (κ1) is 27.1. The molecule has 2 aromatic rings. The van der Waals surface area contributed by atoms with E-state index < -0.39 is 20.2 Å². The van der Waals surface area contributed by atoms with Gasteiger partial charge in [-0.2, -0.15) is 0 Å². The summed E-state index contributed by atoms with van der Waals surface area (Å²) in [6, 6.07) is 21.0. The van der Waals surface area contributed by atoms with Gasteiger partial charge in [0.1, 0.15) is 0 Å². The fourth-order valence-electron chi connectivity index (χ4n) is 5.23. The molecule has 1 aliphatic rings. The van der Waals surface area contributed by atoms with Gasteiger partial charge < -0.3 is 13.9 Å². The molecule has 0 amide bonds. The topological polar surface area (TPSA) is 61.8 Å². The molecule has 1 aliphatic carbocycles. The second kappa shape index (κ2) is 11.5. The summed E-state index contributed by atoms with van der Waals surface area (Å²) in [5, 5.41) is 2.24. The second-order valence-corrected chi connectivity index (χ2v) is 15.2. The molecule has 0 aliphatic heterocycles. The molecule has 1 fully saturated rings. The number of methoxy groups -OCH3 is 1. The predicted octanol–water partition coefficient (Wildman–Crippen LogP) is 4.72. The Morgan fingerprint density at radius 1 is 0.886 bits per heavy atom. The zero-order valence-corrected chi connectivity index (χ0v) is 23.0. The van der Waals surface area contributed by atoms with E-state index in [0.717, 1.165) is 0 Å². The highest BCUT2D eigenvalue weighted by Crippen LogP contribution is 2.41. The first-order valence-corrected chi connectivity index (χ1v) is 14.5. The number of hydrogen-bond donors (Lipinski definition) is 0. The van der Waals surface area contributed by atoms with E-state index in [1.165, 1.54) is 17.5 Å². The van der Waals surface area contributed by atoms with Gasteiger partial charge in [-0.15, -0.1) is 0 Å². The van der Waals surface area contributed by atoms with Crippen molar-refractivity contribution in [3.05, 3.63) is 60.7 Å². The third-order valence-electron chi connectivity index (χ3n) is 6.93. The fraction of sp³-hybridized carbons (Fsp3) is 0.517. The molecule has 0 N–H and O–H groups in total. The summed E-state index contributed by atoms with van der Waals surface area (Å²) in [5.41, 5.74) is 0. The van der Waals surface area contributed by atoms with Crippen molar-refractivity contribution in [1.82, 2.24) is 0 Å². The van der Waals surface area contributed by atoms with Crippen LogP contribution in [0.2, 0.25) is 5.04 Å². The summed E-state index contributed by atoms with van der Waals surface area (Å²) in [6.07, 6.45) is 1.51. The van der Waals surface area contributed by atoms with E-state index >= 15 is 0 Å². The highest BCUT2D eigenvalue weighted by atomic mass is 28.4. The van der Waals surface area contributed by atoms with Crippen molar-refractivity contribution in [1.29, 1.82) is 0 Å². The van der Waals surface area contributed by atoms with E-state index in [-0.39, 0.29) is 29.0 Å². The summed E-state index contributed by atoms with van der Waals surface area (Å²) >= 11 is 0. The Morgan fingerprint density at radius 2 is 1.43 bits per heavy atom. The van der Waals surface area contributed by atoms with Crippen LogP contribution >= 0.6 is 0 Å². The van der Waals surface area contributed by atoms with Crippen molar-refractivity contribution in [2.75, 3.05) is 13.7 Å². The van der Waals surface area contributed by atoms with Gasteiger partial charge in [0.25, 0.3) is 8.32 Å². The van der Waals surface area contributed by atoms with Gasteiger partial charge in [0, 0.05) is 6.10 Å².